The van der Waals surface area contributed by atoms with E-state index in [2.05, 4.69) is 44.8 Å². The van der Waals surface area contributed by atoms with Gasteiger partial charge in [-0.15, -0.1) is 0 Å². The number of methoxy groups -OCH3 is 1. The molecule has 0 aliphatic carbocycles. The minimum absolute atomic E-state index is 0.589. The summed E-state index contributed by atoms with van der Waals surface area (Å²) in [7, 11) is 1.60. The van der Waals surface area contributed by atoms with Gasteiger partial charge >= 0.3 is 0 Å². The third-order valence-electron chi connectivity index (χ3n) is 4.30. The van der Waals surface area contributed by atoms with Crippen molar-refractivity contribution in [3.05, 3.63) is 48.2 Å². The van der Waals surface area contributed by atoms with Crippen LogP contribution in [0.25, 0.3) is 0 Å². The van der Waals surface area contributed by atoms with Crippen LogP contribution in [0, 0.1) is 0 Å². The maximum atomic E-state index is 5.34. The fraction of sp³-hybridized carbons (Fsp3) is 0.368. The van der Waals surface area contributed by atoms with Gasteiger partial charge in [0.15, 0.2) is 5.11 Å². The van der Waals surface area contributed by atoms with E-state index < -0.39 is 0 Å². The van der Waals surface area contributed by atoms with Crippen LogP contribution in [-0.4, -0.2) is 36.8 Å². The molecule has 1 aromatic heterocycles. The Balaban J connectivity index is 1.40. The average Bonchev–Trinajstić information content (AvgIpc) is 2.66. The number of benzene rings is 1. The zero-order valence-electron chi connectivity index (χ0n) is 14.5. The van der Waals surface area contributed by atoms with E-state index in [1.807, 2.05) is 6.07 Å². The van der Waals surface area contributed by atoms with Gasteiger partial charge < -0.3 is 20.3 Å². The molecule has 0 fully saturated rings. The van der Waals surface area contributed by atoms with E-state index in [4.69, 9.17) is 17.0 Å². The van der Waals surface area contributed by atoms with E-state index >= 15 is 0 Å². The van der Waals surface area contributed by atoms with Crippen LogP contribution in [0.2, 0.25) is 0 Å². The molecule has 5 nitrogen and oxygen atoms in total. The molecule has 0 saturated heterocycles. The molecule has 0 spiro atoms. The lowest BCUT2D eigenvalue weighted by molar-refractivity contribution is 0.398. The van der Waals surface area contributed by atoms with Crippen LogP contribution in [0.4, 0.5) is 11.4 Å². The van der Waals surface area contributed by atoms with Crippen molar-refractivity contribution in [1.82, 2.24) is 10.3 Å². The topological polar surface area (TPSA) is 49.4 Å². The van der Waals surface area contributed by atoms with Gasteiger partial charge in [0.25, 0.3) is 0 Å². The number of ether oxygens (including phenoxy) is 1. The Morgan fingerprint density at radius 3 is 2.96 bits per heavy atom. The lowest BCUT2D eigenvalue weighted by Gasteiger charge is -2.31. The largest absolute Gasteiger partial charge is 0.481 e. The Hall–Kier alpha value is -2.34. The van der Waals surface area contributed by atoms with Crippen LogP contribution in [0.1, 0.15) is 18.4 Å². The van der Waals surface area contributed by atoms with Crippen molar-refractivity contribution in [1.29, 1.82) is 0 Å². The molecule has 0 bridgehead atoms. The Bertz CT molecular complexity index is 705. The fourth-order valence-corrected chi connectivity index (χ4v) is 3.29. The van der Waals surface area contributed by atoms with Crippen LogP contribution in [-0.2, 0) is 6.42 Å². The zero-order valence-corrected chi connectivity index (χ0v) is 15.3. The Morgan fingerprint density at radius 1 is 1.28 bits per heavy atom. The second-order valence-electron chi connectivity index (χ2n) is 6.04. The first kappa shape index (κ1) is 17.5. The number of fused-ring (bicyclic) bond motifs is 1. The molecule has 1 aromatic carbocycles. The third-order valence-corrected chi connectivity index (χ3v) is 4.55. The summed E-state index contributed by atoms with van der Waals surface area (Å²) in [6, 6.07) is 12.4. The van der Waals surface area contributed by atoms with Crippen molar-refractivity contribution in [2.75, 3.05) is 37.0 Å². The highest BCUT2D eigenvalue weighted by atomic mass is 32.1. The van der Waals surface area contributed by atoms with Crippen molar-refractivity contribution < 1.29 is 4.74 Å². The number of aromatic nitrogens is 1. The lowest BCUT2D eigenvalue weighted by Crippen LogP contribution is -2.34. The number of hydrogen-bond acceptors (Lipinski definition) is 4. The van der Waals surface area contributed by atoms with Crippen molar-refractivity contribution >= 4 is 28.7 Å². The Kier molecular flexibility index (Phi) is 6.06. The molecule has 0 saturated carbocycles. The molecular formula is C19H24N4OS. The summed E-state index contributed by atoms with van der Waals surface area (Å²) >= 11 is 5.34. The van der Waals surface area contributed by atoms with Crippen molar-refractivity contribution in [3.8, 4) is 5.88 Å². The highest BCUT2D eigenvalue weighted by Crippen LogP contribution is 2.26. The molecule has 2 heterocycles. The highest BCUT2D eigenvalue weighted by molar-refractivity contribution is 7.80. The first-order valence-electron chi connectivity index (χ1n) is 8.64. The van der Waals surface area contributed by atoms with Gasteiger partial charge in [-0.05, 0) is 49.2 Å². The summed E-state index contributed by atoms with van der Waals surface area (Å²) in [5.41, 5.74) is 3.70. The molecule has 3 rings (SSSR count). The number of pyridine rings is 1. The Labute approximate surface area is 154 Å². The number of nitrogens with one attached hydrogen (secondary N) is 2. The summed E-state index contributed by atoms with van der Waals surface area (Å²) < 4.78 is 5.04. The second-order valence-corrected chi connectivity index (χ2v) is 6.45. The molecule has 2 N–H and O–H groups in total. The van der Waals surface area contributed by atoms with Crippen LogP contribution in [0.15, 0.2) is 42.6 Å². The average molecular weight is 356 g/mol. The van der Waals surface area contributed by atoms with Crippen molar-refractivity contribution in [2.24, 2.45) is 0 Å². The van der Waals surface area contributed by atoms with Gasteiger partial charge in [0.05, 0.1) is 19.0 Å². The first-order valence-corrected chi connectivity index (χ1v) is 9.05. The molecule has 132 valence electrons. The van der Waals surface area contributed by atoms with E-state index in [0.717, 1.165) is 31.7 Å². The smallest absolute Gasteiger partial charge is 0.213 e. The summed E-state index contributed by atoms with van der Waals surface area (Å²) in [4.78, 5) is 6.63. The first-order chi connectivity index (χ1) is 12.3. The van der Waals surface area contributed by atoms with E-state index in [1.165, 1.54) is 24.1 Å². The van der Waals surface area contributed by atoms with Crippen molar-refractivity contribution in [2.45, 2.75) is 19.3 Å². The molecule has 2 aromatic rings. The van der Waals surface area contributed by atoms with Gasteiger partial charge in [0, 0.05) is 31.4 Å². The quantitative estimate of drug-likeness (QED) is 0.612. The highest BCUT2D eigenvalue weighted by Gasteiger charge is 2.15. The molecule has 6 heteroatoms. The van der Waals surface area contributed by atoms with Crippen LogP contribution in [0.5, 0.6) is 5.88 Å². The monoisotopic (exact) mass is 356 g/mol. The summed E-state index contributed by atoms with van der Waals surface area (Å²) in [5, 5.41) is 7.01. The SMILES string of the molecule is COc1ccc(NC(=S)NCCCN2CCCc3ccccc32)cn1. The zero-order chi connectivity index (χ0) is 17.5. The normalized spacial score (nSPS) is 13.1. The van der Waals surface area contributed by atoms with Crippen LogP contribution >= 0.6 is 12.2 Å². The predicted octanol–water partition coefficient (Wildman–Crippen LogP) is 3.22. The van der Waals surface area contributed by atoms with E-state index in [-0.39, 0.29) is 0 Å². The van der Waals surface area contributed by atoms with E-state index in [9.17, 15) is 0 Å². The summed E-state index contributed by atoms with van der Waals surface area (Å²) in [6.07, 6.45) is 5.16. The maximum absolute atomic E-state index is 5.34. The molecular weight excluding hydrogens is 332 g/mol. The van der Waals surface area contributed by atoms with Crippen LogP contribution < -0.4 is 20.3 Å². The van der Waals surface area contributed by atoms with Gasteiger partial charge in [-0.3, -0.25) is 0 Å². The van der Waals surface area contributed by atoms with Crippen molar-refractivity contribution in [3.63, 3.8) is 0 Å². The standard InChI is InChI=1S/C19H24N4OS/c1-24-18-10-9-16(14-21-18)22-19(25)20-11-5-13-23-12-4-7-15-6-2-3-8-17(15)23/h2-3,6,8-10,14H,4-5,7,11-13H2,1H3,(H2,20,22,25). The predicted molar refractivity (Wildman–Crippen MR) is 107 cm³/mol. The molecule has 1 aliphatic rings. The fourth-order valence-electron chi connectivity index (χ4n) is 3.07. The van der Waals surface area contributed by atoms with E-state index in [1.54, 1.807) is 19.4 Å². The minimum Gasteiger partial charge on any atom is -0.481 e. The summed E-state index contributed by atoms with van der Waals surface area (Å²) in [5.74, 6) is 0.589. The third kappa shape index (κ3) is 4.82. The number of nitrogens with zero attached hydrogens (tertiary/aromatic N) is 2. The molecule has 0 atom stereocenters. The van der Waals surface area contributed by atoms with Crippen LogP contribution in [0.3, 0.4) is 0 Å². The number of para-hydroxylation sites is 1. The molecule has 1 aliphatic heterocycles. The van der Waals surface area contributed by atoms with Gasteiger partial charge in [-0.2, -0.15) is 0 Å². The number of anilines is 2. The number of rotatable bonds is 6. The van der Waals surface area contributed by atoms with E-state index in [0.29, 0.717) is 11.0 Å². The number of aryl methyl sites for hydroxylation is 1. The van der Waals surface area contributed by atoms with Gasteiger partial charge in [0.2, 0.25) is 5.88 Å². The van der Waals surface area contributed by atoms with Gasteiger partial charge in [0.1, 0.15) is 0 Å². The number of hydrogen-bond donors (Lipinski definition) is 2. The molecule has 0 radical (unpaired) electrons. The lowest BCUT2D eigenvalue weighted by atomic mass is 10.0. The number of thiocarbonyl (C=S) groups is 1. The molecule has 25 heavy (non-hydrogen) atoms. The Morgan fingerprint density at radius 2 is 2.16 bits per heavy atom. The van der Waals surface area contributed by atoms with Gasteiger partial charge in [-0.25, -0.2) is 4.98 Å². The summed E-state index contributed by atoms with van der Waals surface area (Å²) in [6.45, 7) is 3.02. The molecule has 0 amide bonds. The molecule has 0 unspecified atom stereocenters. The minimum atomic E-state index is 0.589. The maximum Gasteiger partial charge on any atom is 0.213 e. The van der Waals surface area contributed by atoms with Gasteiger partial charge in [-0.1, -0.05) is 18.2 Å². The second kappa shape index (κ2) is 8.67.